The molecule has 0 saturated heterocycles. The third-order valence-electron chi connectivity index (χ3n) is 2.80. The van der Waals surface area contributed by atoms with E-state index in [9.17, 15) is 4.39 Å². The molecule has 0 atom stereocenters. The Morgan fingerprint density at radius 3 is 2.33 bits per heavy atom. The first kappa shape index (κ1) is 12.9. The predicted molar refractivity (Wildman–Crippen MR) is 69.8 cm³/mol. The molecule has 5 heteroatoms. The van der Waals surface area contributed by atoms with Crippen LogP contribution in [0, 0.1) is 19.7 Å². The zero-order chi connectivity index (χ0) is 13.3. The lowest BCUT2D eigenvalue weighted by molar-refractivity contribution is 0.628. The fourth-order valence-electron chi connectivity index (χ4n) is 1.80. The molecule has 0 unspecified atom stereocenters. The van der Waals surface area contributed by atoms with Gasteiger partial charge in [-0.25, -0.2) is 14.4 Å². The third-order valence-corrected chi connectivity index (χ3v) is 3.09. The lowest BCUT2D eigenvalue weighted by atomic mass is 10.1. The molecular weight excluding hydrogens is 253 g/mol. The second kappa shape index (κ2) is 5.00. The minimum absolute atomic E-state index is 0.0642. The zero-order valence-corrected chi connectivity index (χ0v) is 10.9. The number of nitrogens with zero attached hydrogens (tertiary/aromatic N) is 2. The van der Waals surface area contributed by atoms with Gasteiger partial charge in [-0.15, -0.1) is 0 Å². The summed E-state index contributed by atoms with van der Waals surface area (Å²) < 4.78 is 13.1. The lowest BCUT2D eigenvalue weighted by Crippen LogP contribution is -2.07. The molecule has 0 bridgehead atoms. The van der Waals surface area contributed by atoms with E-state index < -0.39 is 5.82 Å². The number of halogens is 2. The van der Waals surface area contributed by atoms with Gasteiger partial charge in [0.25, 0.3) is 0 Å². The Morgan fingerprint density at radius 1 is 1.22 bits per heavy atom. The second-order valence-corrected chi connectivity index (χ2v) is 4.44. The quantitative estimate of drug-likeness (QED) is 0.908. The van der Waals surface area contributed by atoms with Crippen LogP contribution in [0.2, 0.25) is 5.02 Å². The van der Waals surface area contributed by atoms with E-state index in [0.29, 0.717) is 17.9 Å². The van der Waals surface area contributed by atoms with Gasteiger partial charge in [0.2, 0.25) is 0 Å². The van der Waals surface area contributed by atoms with Crippen LogP contribution in [0.3, 0.4) is 0 Å². The summed E-state index contributed by atoms with van der Waals surface area (Å²) in [5.74, 6) is 0.0801. The zero-order valence-electron chi connectivity index (χ0n) is 10.2. The summed E-state index contributed by atoms with van der Waals surface area (Å²) in [6, 6.07) is 4.44. The van der Waals surface area contributed by atoms with E-state index in [4.69, 9.17) is 17.3 Å². The summed E-state index contributed by atoms with van der Waals surface area (Å²) in [7, 11) is 0. The summed E-state index contributed by atoms with van der Waals surface area (Å²) in [4.78, 5) is 8.75. The SMILES string of the molecule is Cc1nc(-c2ccc(F)c(Cl)c2)nc(C)c1CN. The first-order valence-electron chi connectivity index (χ1n) is 5.52. The molecule has 0 spiro atoms. The van der Waals surface area contributed by atoms with E-state index in [1.54, 1.807) is 6.07 Å². The Kier molecular flexibility index (Phi) is 3.59. The highest BCUT2D eigenvalue weighted by Crippen LogP contribution is 2.23. The molecule has 1 aromatic heterocycles. The topological polar surface area (TPSA) is 51.8 Å². The Bertz CT molecular complexity index is 576. The highest BCUT2D eigenvalue weighted by Gasteiger charge is 2.10. The molecule has 0 aliphatic heterocycles. The van der Waals surface area contributed by atoms with Crippen LogP contribution in [0.15, 0.2) is 18.2 Å². The van der Waals surface area contributed by atoms with Crippen molar-refractivity contribution < 1.29 is 4.39 Å². The maximum absolute atomic E-state index is 13.1. The van der Waals surface area contributed by atoms with Gasteiger partial charge in [-0.3, -0.25) is 0 Å². The Morgan fingerprint density at radius 2 is 1.83 bits per heavy atom. The molecule has 18 heavy (non-hydrogen) atoms. The van der Waals surface area contributed by atoms with Gasteiger partial charge in [0, 0.05) is 29.1 Å². The second-order valence-electron chi connectivity index (χ2n) is 4.03. The monoisotopic (exact) mass is 265 g/mol. The van der Waals surface area contributed by atoms with E-state index in [-0.39, 0.29) is 5.02 Å². The van der Waals surface area contributed by atoms with Crippen molar-refractivity contribution in [2.24, 2.45) is 5.73 Å². The van der Waals surface area contributed by atoms with Crippen molar-refractivity contribution in [3.05, 3.63) is 46.0 Å². The van der Waals surface area contributed by atoms with Gasteiger partial charge in [-0.05, 0) is 32.0 Å². The fourth-order valence-corrected chi connectivity index (χ4v) is 1.98. The van der Waals surface area contributed by atoms with Crippen molar-refractivity contribution in [2.75, 3.05) is 0 Å². The number of aromatic nitrogens is 2. The molecule has 0 aliphatic carbocycles. The molecule has 0 radical (unpaired) electrons. The molecular formula is C13H13ClFN3. The van der Waals surface area contributed by atoms with E-state index in [1.807, 2.05) is 13.8 Å². The van der Waals surface area contributed by atoms with Crippen LogP contribution < -0.4 is 5.73 Å². The number of aryl methyl sites for hydroxylation is 2. The molecule has 2 rings (SSSR count). The van der Waals surface area contributed by atoms with Gasteiger partial charge >= 0.3 is 0 Å². The van der Waals surface area contributed by atoms with Crippen LogP contribution in [0.1, 0.15) is 17.0 Å². The van der Waals surface area contributed by atoms with Crippen molar-refractivity contribution in [1.82, 2.24) is 9.97 Å². The fraction of sp³-hybridized carbons (Fsp3) is 0.231. The van der Waals surface area contributed by atoms with Gasteiger partial charge in [0.15, 0.2) is 5.82 Å². The first-order chi connectivity index (χ1) is 8.52. The minimum Gasteiger partial charge on any atom is -0.326 e. The number of hydrogen-bond acceptors (Lipinski definition) is 3. The molecule has 1 heterocycles. The molecule has 0 amide bonds. The summed E-state index contributed by atoms with van der Waals surface area (Å²) in [5, 5.41) is 0.0642. The summed E-state index contributed by atoms with van der Waals surface area (Å²) >= 11 is 5.75. The maximum Gasteiger partial charge on any atom is 0.159 e. The highest BCUT2D eigenvalue weighted by molar-refractivity contribution is 6.31. The van der Waals surface area contributed by atoms with Crippen LogP contribution in [0.4, 0.5) is 4.39 Å². The molecule has 2 N–H and O–H groups in total. The minimum atomic E-state index is -0.451. The number of benzene rings is 1. The average molecular weight is 266 g/mol. The van der Waals surface area contributed by atoms with Crippen LogP contribution in [0.5, 0.6) is 0 Å². The van der Waals surface area contributed by atoms with Crippen molar-refractivity contribution >= 4 is 11.6 Å². The molecule has 3 nitrogen and oxygen atoms in total. The number of nitrogens with two attached hydrogens (primary N) is 1. The van der Waals surface area contributed by atoms with Crippen LogP contribution in [-0.4, -0.2) is 9.97 Å². The maximum atomic E-state index is 13.1. The van der Waals surface area contributed by atoms with Gasteiger partial charge in [-0.1, -0.05) is 11.6 Å². The number of hydrogen-bond donors (Lipinski definition) is 1. The Hall–Kier alpha value is -1.52. The van der Waals surface area contributed by atoms with Crippen LogP contribution >= 0.6 is 11.6 Å². The van der Waals surface area contributed by atoms with E-state index in [1.165, 1.54) is 12.1 Å². The summed E-state index contributed by atoms with van der Waals surface area (Å²) in [6.07, 6.45) is 0. The molecule has 1 aromatic carbocycles. The normalized spacial score (nSPS) is 10.7. The van der Waals surface area contributed by atoms with E-state index in [0.717, 1.165) is 17.0 Å². The summed E-state index contributed by atoms with van der Waals surface area (Å²) in [6.45, 7) is 4.17. The molecule has 0 fully saturated rings. The predicted octanol–water partition coefficient (Wildman–Crippen LogP) is 3.01. The standard InChI is InChI=1S/C13H13ClFN3/c1-7-10(6-16)8(2)18-13(17-7)9-3-4-12(15)11(14)5-9/h3-5H,6,16H2,1-2H3. The largest absolute Gasteiger partial charge is 0.326 e. The first-order valence-corrected chi connectivity index (χ1v) is 5.90. The lowest BCUT2D eigenvalue weighted by Gasteiger charge is -2.09. The van der Waals surface area contributed by atoms with Crippen LogP contribution in [-0.2, 0) is 6.54 Å². The van der Waals surface area contributed by atoms with Gasteiger partial charge in [0.05, 0.1) is 5.02 Å². The van der Waals surface area contributed by atoms with Gasteiger partial charge in [0.1, 0.15) is 5.82 Å². The molecule has 0 aliphatic rings. The van der Waals surface area contributed by atoms with E-state index >= 15 is 0 Å². The highest BCUT2D eigenvalue weighted by atomic mass is 35.5. The Balaban J connectivity index is 2.54. The Labute approximate surface area is 110 Å². The van der Waals surface area contributed by atoms with Gasteiger partial charge < -0.3 is 5.73 Å². The van der Waals surface area contributed by atoms with E-state index in [2.05, 4.69) is 9.97 Å². The van der Waals surface area contributed by atoms with Crippen molar-refractivity contribution in [3.8, 4) is 11.4 Å². The van der Waals surface area contributed by atoms with Gasteiger partial charge in [-0.2, -0.15) is 0 Å². The van der Waals surface area contributed by atoms with Crippen molar-refractivity contribution in [1.29, 1.82) is 0 Å². The van der Waals surface area contributed by atoms with Crippen molar-refractivity contribution in [2.45, 2.75) is 20.4 Å². The molecule has 0 saturated carbocycles. The molecule has 2 aromatic rings. The van der Waals surface area contributed by atoms with Crippen LogP contribution in [0.25, 0.3) is 11.4 Å². The average Bonchev–Trinajstić information content (AvgIpc) is 2.32. The third kappa shape index (κ3) is 2.35. The molecule has 94 valence electrons. The van der Waals surface area contributed by atoms with Crippen molar-refractivity contribution in [3.63, 3.8) is 0 Å². The smallest absolute Gasteiger partial charge is 0.159 e. The summed E-state index contributed by atoms with van der Waals surface area (Å²) in [5.41, 5.74) is 8.93. The number of rotatable bonds is 2.